The Morgan fingerprint density at radius 1 is 1.30 bits per heavy atom. The first-order valence-corrected chi connectivity index (χ1v) is 8.57. The van der Waals surface area contributed by atoms with Crippen LogP contribution >= 0.6 is 0 Å². The Labute approximate surface area is 137 Å². The monoisotopic (exact) mass is 320 g/mol. The molecule has 4 nitrogen and oxygen atoms in total. The van der Waals surface area contributed by atoms with Gasteiger partial charge in [-0.05, 0) is 38.3 Å². The van der Waals surface area contributed by atoms with Crippen LogP contribution in [0.4, 0.5) is 4.39 Å². The molecular formula is C18H25FN2O2. The van der Waals surface area contributed by atoms with Gasteiger partial charge in [-0.2, -0.15) is 0 Å². The number of nitrogens with one attached hydrogen (secondary N) is 1. The molecule has 1 amide bonds. The van der Waals surface area contributed by atoms with Crippen molar-refractivity contribution in [2.45, 2.75) is 38.3 Å². The van der Waals surface area contributed by atoms with Crippen molar-refractivity contribution in [3.8, 4) is 0 Å². The summed E-state index contributed by atoms with van der Waals surface area (Å²) in [4.78, 5) is 14.5. The molecule has 0 aromatic heterocycles. The number of halogens is 1. The molecule has 23 heavy (non-hydrogen) atoms. The van der Waals surface area contributed by atoms with E-state index in [1.807, 2.05) is 12.1 Å². The number of ether oxygens (including phenoxy) is 1. The Morgan fingerprint density at radius 2 is 2.17 bits per heavy atom. The second kappa shape index (κ2) is 7.88. The summed E-state index contributed by atoms with van der Waals surface area (Å²) in [5, 5.41) is 3.03. The Bertz CT molecular complexity index is 532. The van der Waals surface area contributed by atoms with Gasteiger partial charge >= 0.3 is 0 Å². The van der Waals surface area contributed by atoms with Crippen molar-refractivity contribution in [3.05, 3.63) is 35.6 Å². The first kappa shape index (κ1) is 16.4. The number of hydrogen-bond donors (Lipinski definition) is 1. The van der Waals surface area contributed by atoms with Crippen LogP contribution in [0.25, 0.3) is 0 Å². The minimum absolute atomic E-state index is 0.00285. The fourth-order valence-electron chi connectivity index (χ4n) is 3.44. The SMILES string of the molecule is O=C(NCC1CCCO1)C1CCCN(Cc2ccccc2F)C1. The molecule has 2 unspecified atom stereocenters. The van der Waals surface area contributed by atoms with Crippen LogP contribution < -0.4 is 5.32 Å². The zero-order valence-corrected chi connectivity index (χ0v) is 13.5. The van der Waals surface area contributed by atoms with Crippen LogP contribution in [0.15, 0.2) is 24.3 Å². The van der Waals surface area contributed by atoms with Crippen LogP contribution in [-0.4, -0.2) is 43.2 Å². The van der Waals surface area contributed by atoms with Gasteiger partial charge in [-0.1, -0.05) is 18.2 Å². The molecule has 1 aromatic rings. The molecular weight excluding hydrogens is 295 g/mol. The van der Waals surface area contributed by atoms with Gasteiger partial charge in [0.2, 0.25) is 5.91 Å². The largest absolute Gasteiger partial charge is 0.376 e. The predicted molar refractivity (Wildman–Crippen MR) is 86.4 cm³/mol. The molecule has 0 spiro atoms. The molecule has 2 saturated heterocycles. The van der Waals surface area contributed by atoms with E-state index in [1.54, 1.807) is 6.07 Å². The van der Waals surface area contributed by atoms with Crippen LogP contribution in [0.3, 0.4) is 0 Å². The number of amides is 1. The van der Waals surface area contributed by atoms with E-state index in [4.69, 9.17) is 4.74 Å². The summed E-state index contributed by atoms with van der Waals surface area (Å²) >= 11 is 0. The summed E-state index contributed by atoms with van der Waals surface area (Å²) in [6.45, 7) is 3.61. The Balaban J connectivity index is 1.49. The van der Waals surface area contributed by atoms with Crippen molar-refractivity contribution >= 4 is 5.91 Å². The molecule has 1 N–H and O–H groups in total. The third-order valence-corrected chi connectivity index (χ3v) is 4.76. The topological polar surface area (TPSA) is 41.6 Å². The van der Waals surface area contributed by atoms with Gasteiger partial charge < -0.3 is 10.1 Å². The van der Waals surface area contributed by atoms with E-state index in [0.29, 0.717) is 25.2 Å². The quantitative estimate of drug-likeness (QED) is 0.905. The van der Waals surface area contributed by atoms with E-state index >= 15 is 0 Å². The van der Waals surface area contributed by atoms with Crippen LogP contribution in [0, 0.1) is 11.7 Å². The third-order valence-electron chi connectivity index (χ3n) is 4.76. The number of carbonyl (C=O) groups is 1. The van der Waals surface area contributed by atoms with Gasteiger partial charge in [-0.3, -0.25) is 9.69 Å². The lowest BCUT2D eigenvalue weighted by Crippen LogP contribution is -2.44. The van der Waals surface area contributed by atoms with Gasteiger partial charge in [-0.25, -0.2) is 4.39 Å². The van der Waals surface area contributed by atoms with E-state index in [1.165, 1.54) is 6.07 Å². The highest BCUT2D eigenvalue weighted by Crippen LogP contribution is 2.20. The number of carbonyl (C=O) groups excluding carboxylic acids is 1. The Kier molecular flexibility index (Phi) is 5.62. The Morgan fingerprint density at radius 3 is 2.96 bits per heavy atom. The predicted octanol–water partition coefficient (Wildman–Crippen LogP) is 2.33. The van der Waals surface area contributed by atoms with Crippen molar-refractivity contribution in [1.82, 2.24) is 10.2 Å². The molecule has 2 aliphatic rings. The van der Waals surface area contributed by atoms with E-state index in [0.717, 1.165) is 38.8 Å². The summed E-state index contributed by atoms with van der Waals surface area (Å²) < 4.78 is 19.3. The van der Waals surface area contributed by atoms with E-state index < -0.39 is 0 Å². The highest BCUT2D eigenvalue weighted by Gasteiger charge is 2.27. The number of hydrogen-bond acceptors (Lipinski definition) is 3. The van der Waals surface area contributed by atoms with Gasteiger partial charge in [0.05, 0.1) is 12.0 Å². The van der Waals surface area contributed by atoms with Crippen molar-refractivity contribution < 1.29 is 13.9 Å². The molecule has 0 bridgehead atoms. The summed E-state index contributed by atoms with van der Waals surface area (Å²) in [7, 11) is 0. The molecule has 2 aliphatic heterocycles. The highest BCUT2D eigenvalue weighted by atomic mass is 19.1. The summed E-state index contributed by atoms with van der Waals surface area (Å²) in [6.07, 6.45) is 4.18. The van der Waals surface area contributed by atoms with Crippen LogP contribution in [-0.2, 0) is 16.1 Å². The minimum Gasteiger partial charge on any atom is -0.376 e. The average Bonchev–Trinajstić information content (AvgIpc) is 3.08. The summed E-state index contributed by atoms with van der Waals surface area (Å²) in [5.74, 6) is -0.0619. The van der Waals surface area contributed by atoms with E-state index in [9.17, 15) is 9.18 Å². The second-order valence-corrected chi connectivity index (χ2v) is 6.55. The fourth-order valence-corrected chi connectivity index (χ4v) is 3.44. The normalized spacial score (nSPS) is 25.4. The fraction of sp³-hybridized carbons (Fsp3) is 0.611. The van der Waals surface area contributed by atoms with E-state index in [-0.39, 0.29) is 23.7 Å². The van der Waals surface area contributed by atoms with Gasteiger partial charge in [-0.15, -0.1) is 0 Å². The molecule has 0 aliphatic carbocycles. The van der Waals surface area contributed by atoms with Crippen LogP contribution in [0.2, 0.25) is 0 Å². The molecule has 2 heterocycles. The number of nitrogens with zero attached hydrogens (tertiary/aromatic N) is 1. The van der Waals surface area contributed by atoms with Gasteiger partial charge in [0.25, 0.3) is 0 Å². The van der Waals surface area contributed by atoms with E-state index in [2.05, 4.69) is 10.2 Å². The van der Waals surface area contributed by atoms with Crippen LogP contribution in [0.5, 0.6) is 0 Å². The average molecular weight is 320 g/mol. The van der Waals surface area contributed by atoms with Gasteiger partial charge in [0.15, 0.2) is 0 Å². The zero-order chi connectivity index (χ0) is 16.1. The molecule has 2 atom stereocenters. The van der Waals surface area contributed by atoms with Crippen molar-refractivity contribution in [3.63, 3.8) is 0 Å². The summed E-state index contributed by atoms with van der Waals surface area (Å²) in [5.41, 5.74) is 0.702. The molecule has 3 rings (SSSR count). The second-order valence-electron chi connectivity index (χ2n) is 6.55. The van der Waals surface area contributed by atoms with Gasteiger partial charge in [0.1, 0.15) is 5.82 Å². The maximum absolute atomic E-state index is 13.8. The smallest absolute Gasteiger partial charge is 0.224 e. The lowest BCUT2D eigenvalue weighted by Gasteiger charge is -2.32. The third kappa shape index (κ3) is 4.52. The lowest BCUT2D eigenvalue weighted by molar-refractivity contribution is -0.127. The minimum atomic E-state index is -0.169. The molecule has 126 valence electrons. The standard InChI is InChI=1S/C18H25FN2O2/c19-17-8-2-1-5-14(17)12-21-9-3-6-15(13-21)18(22)20-11-16-7-4-10-23-16/h1-2,5,8,15-16H,3-4,6-7,9-13H2,(H,20,22). The maximum atomic E-state index is 13.8. The Hall–Kier alpha value is -1.46. The maximum Gasteiger partial charge on any atom is 0.224 e. The molecule has 0 radical (unpaired) electrons. The van der Waals surface area contributed by atoms with Crippen LogP contribution in [0.1, 0.15) is 31.2 Å². The number of benzene rings is 1. The summed E-state index contributed by atoms with van der Waals surface area (Å²) in [6, 6.07) is 6.87. The zero-order valence-electron chi connectivity index (χ0n) is 13.5. The van der Waals surface area contributed by atoms with Crippen molar-refractivity contribution in [2.24, 2.45) is 5.92 Å². The van der Waals surface area contributed by atoms with Crippen molar-refractivity contribution in [2.75, 3.05) is 26.2 Å². The van der Waals surface area contributed by atoms with Gasteiger partial charge in [0, 0.05) is 31.8 Å². The molecule has 5 heteroatoms. The lowest BCUT2D eigenvalue weighted by atomic mass is 9.96. The highest BCUT2D eigenvalue weighted by molar-refractivity contribution is 5.79. The first-order valence-electron chi connectivity index (χ1n) is 8.57. The molecule has 2 fully saturated rings. The molecule has 0 saturated carbocycles. The number of rotatable bonds is 5. The number of piperidine rings is 1. The number of likely N-dealkylation sites (tertiary alicyclic amines) is 1. The first-order chi connectivity index (χ1) is 11.2. The molecule has 1 aromatic carbocycles. The van der Waals surface area contributed by atoms with Crippen molar-refractivity contribution in [1.29, 1.82) is 0 Å².